The highest BCUT2D eigenvalue weighted by molar-refractivity contribution is 5.84. The lowest BCUT2D eigenvalue weighted by atomic mass is 9.63. The first kappa shape index (κ1) is 17.5. The molecule has 3 nitrogen and oxygen atoms in total. The van der Waals surface area contributed by atoms with Gasteiger partial charge in [-0.05, 0) is 64.1 Å². The Bertz CT molecular complexity index is 819. The first-order valence-corrected chi connectivity index (χ1v) is 8.79. The Morgan fingerprint density at radius 2 is 1.64 bits per heavy atom. The lowest BCUT2D eigenvalue weighted by molar-refractivity contribution is 0.322. The number of benzene rings is 2. The van der Waals surface area contributed by atoms with Crippen molar-refractivity contribution in [3.8, 4) is 16.9 Å². The van der Waals surface area contributed by atoms with Crippen molar-refractivity contribution in [2.45, 2.75) is 51.4 Å². The van der Waals surface area contributed by atoms with Crippen LogP contribution in [0.3, 0.4) is 0 Å². The third-order valence-corrected chi connectivity index (χ3v) is 5.59. The van der Waals surface area contributed by atoms with Gasteiger partial charge in [0, 0.05) is 5.56 Å². The van der Waals surface area contributed by atoms with E-state index in [1.807, 2.05) is 18.2 Å². The normalized spacial score (nSPS) is 18.1. The van der Waals surface area contributed by atoms with E-state index in [2.05, 4.69) is 51.0 Å². The molecule has 0 bridgehead atoms. The number of ether oxygens (including phenoxy) is 1. The van der Waals surface area contributed by atoms with E-state index >= 15 is 0 Å². The number of oxime groups is 1. The van der Waals surface area contributed by atoms with Crippen molar-refractivity contribution in [3.05, 3.63) is 53.1 Å². The fourth-order valence-electron chi connectivity index (χ4n) is 3.85. The molecule has 0 fully saturated rings. The van der Waals surface area contributed by atoms with Crippen molar-refractivity contribution in [1.82, 2.24) is 0 Å². The Morgan fingerprint density at radius 1 is 0.960 bits per heavy atom. The first-order valence-electron chi connectivity index (χ1n) is 8.79. The van der Waals surface area contributed by atoms with Crippen LogP contribution in [-0.4, -0.2) is 18.5 Å². The maximum Gasteiger partial charge on any atom is 0.126 e. The summed E-state index contributed by atoms with van der Waals surface area (Å²) in [6.45, 7) is 9.33. The molecule has 1 N–H and O–H groups in total. The molecule has 0 unspecified atom stereocenters. The van der Waals surface area contributed by atoms with Crippen LogP contribution in [0.2, 0.25) is 0 Å². The second-order valence-electron chi connectivity index (χ2n) is 8.23. The molecule has 2 aromatic carbocycles. The molecule has 3 heteroatoms. The van der Waals surface area contributed by atoms with Gasteiger partial charge in [-0.1, -0.05) is 51.0 Å². The molecule has 0 saturated carbocycles. The summed E-state index contributed by atoms with van der Waals surface area (Å²) >= 11 is 0. The third kappa shape index (κ3) is 3.15. The van der Waals surface area contributed by atoms with Gasteiger partial charge in [-0.3, -0.25) is 0 Å². The Balaban J connectivity index is 2.19. The molecule has 0 saturated heterocycles. The molecule has 0 radical (unpaired) electrons. The van der Waals surface area contributed by atoms with Crippen LogP contribution < -0.4 is 4.74 Å². The summed E-state index contributed by atoms with van der Waals surface area (Å²) < 4.78 is 5.56. The monoisotopic (exact) mass is 337 g/mol. The van der Waals surface area contributed by atoms with Gasteiger partial charge in [0.25, 0.3) is 0 Å². The molecular formula is C22H27NO2. The van der Waals surface area contributed by atoms with Gasteiger partial charge in [0.1, 0.15) is 5.75 Å². The fraction of sp³-hybridized carbons (Fsp3) is 0.409. The SMILES string of the molecule is COc1ccc(C=NO)cc1-c1ccc2c(c1)C(C)(C)CCC2(C)C. The van der Waals surface area contributed by atoms with Gasteiger partial charge in [0.05, 0.1) is 13.3 Å². The second-order valence-corrected chi connectivity index (χ2v) is 8.23. The minimum absolute atomic E-state index is 0.165. The van der Waals surface area contributed by atoms with Gasteiger partial charge in [0.2, 0.25) is 0 Å². The number of nitrogens with zero attached hydrogens (tertiary/aromatic N) is 1. The summed E-state index contributed by atoms with van der Waals surface area (Å²) in [7, 11) is 1.68. The number of hydrogen-bond donors (Lipinski definition) is 1. The zero-order chi connectivity index (χ0) is 18.2. The quantitative estimate of drug-likeness (QED) is 0.455. The van der Waals surface area contributed by atoms with Gasteiger partial charge in [-0.25, -0.2) is 0 Å². The third-order valence-electron chi connectivity index (χ3n) is 5.59. The summed E-state index contributed by atoms with van der Waals surface area (Å²) in [5.74, 6) is 0.822. The zero-order valence-corrected chi connectivity index (χ0v) is 15.8. The molecule has 1 aliphatic carbocycles. The number of methoxy groups -OCH3 is 1. The van der Waals surface area contributed by atoms with E-state index in [4.69, 9.17) is 9.94 Å². The molecule has 1 aliphatic rings. The van der Waals surface area contributed by atoms with E-state index < -0.39 is 0 Å². The highest BCUT2D eigenvalue weighted by Gasteiger charge is 2.37. The first-order chi connectivity index (χ1) is 11.8. The standard InChI is InChI=1S/C22H27NO2/c1-21(2)10-11-22(3,4)19-13-16(7-8-18(19)21)17-12-15(14-23-24)6-9-20(17)25-5/h6-9,12-14,24H,10-11H2,1-5H3. The van der Waals surface area contributed by atoms with E-state index in [0.717, 1.165) is 22.4 Å². The van der Waals surface area contributed by atoms with Crippen molar-refractivity contribution in [3.63, 3.8) is 0 Å². The molecular weight excluding hydrogens is 310 g/mol. The van der Waals surface area contributed by atoms with E-state index in [9.17, 15) is 0 Å². The summed E-state index contributed by atoms with van der Waals surface area (Å²) in [6, 6.07) is 12.6. The maximum atomic E-state index is 8.83. The van der Waals surface area contributed by atoms with E-state index in [0.29, 0.717) is 0 Å². The lowest BCUT2D eigenvalue weighted by Gasteiger charge is -2.42. The molecule has 0 heterocycles. The van der Waals surface area contributed by atoms with E-state index in [-0.39, 0.29) is 10.8 Å². The summed E-state index contributed by atoms with van der Waals surface area (Å²) in [4.78, 5) is 0. The topological polar surface area (TPSA) is 41.8 Å². The van der Waals surface area contributed by atoms with E-state index in [1.165, 1.54) is 30.2 Å². The summed E-state index contributed by atoms with van der Waals surface area (Å²) in [6.07, 6.45) is 3.83. The molecule has 25 heavy (non-hydrogen) atoms. The van der Waals surface area contributed by atoms with Crippen molar-refractivity contribution in [1.29, 1.82) is 0 Å². The Hall–Kier alpha value is -2.29. The zero-order valence-electron chi connectivity index (χ0n) is 15.8. The molecule has 0 amide bonds. The maximum absolute atomic E-state index is 8.83. The number of rotatable bonds is 3. The number of fused-ring (bicyclic) bond motifs is 1. The Labute approximate surface area is 150 Å². The van der Waals surface area contributed by atoms with Gasteiger partial charge >= 0.3 is 0 Å². The molecule has 0 aliphatic heterocycles. The average molecular weight is 337 g/mol. The predicted molar refractivity (Wildman–Crippen MR) is 103 cm³/mol. The largest absolute Gasteiger partial charge is 0.496 e. The smallest absolute Gasteiger partial charge is 0.126 e. The van der Waals surface area contributed by atoms with Crippen molar-refractivity contribution < 1.29 is 9.94 Å². The summed E-state index contributed by atoms with van der Waals surface area (Å²) in [5, 5.41) is 12.0. The van der Waals surface area contributed by atoms with Crippen molar-refractivity contribution in [2.75, 3.05) is 7.11 Å². The fourth-order valence-corrected chi connectivity index (χ4v) is 3.85. The highest BCUT2D eigenvalue weighted by atomic mass is 16.5. The van der Waals surface area contributed by atoms with Crippen LogP contribution >= 0.6 is 0 Å². The second kappa shape index (κ2) is 6.21. The Kier molecular flexibility index (Phi) is 4.36. The van der Waals surface area contributed by atoms with Gasteiger partial charge in [0.15, 0.2) is 0 Å². The highest BCUT2D eigenvalue weighted by Crippen LogP contribution is 2.47. The summed E-state index contributed by atoms with van der Waals surface area (Å²) in [5.41, 5.74) is 6.23. The van der Waals surface area contributed by atoms with Crippen LogP contribution in [0.1, 0.15) is 57.2 Å². The van der Waals surface area contributed by atoms with Crippen molar-refractivity contribution >= 4 is 6.21 Å². The van der Waals surface area contributed by atoms with Crippen LogP contribution in [-0.2, 0) is 10.8 Å². The van der Waals surface area contributed by atoms with Crippen LogP contribution in [0, 0.1) is 0 Å². The van der Waals surface area contributed by atoms with Crippen LogP contribution in [0.15, 0.2) is 41.6 Å². The van der Waals surface area contributed by atoms with Crippen LogP contribution in [0.5, 0.6) is 5.75 Å². The van der Waals surface area contributed by atoms with Crippen molar-refractivity contribution in [2.24, 2.45) is 5.16 Å². The molecule has 2 aromatic rings. The molecule has 0 spiro atoms. The molecule has 0 atom stereocenters. The Morgan fingerprint density at radius 3 is 2.28 bits per heavy atom. The molecule has 3 rings (SSSR count). The van der Waals surface area contributed by atoms with Gasteiger partial charge < -0.3 is 9.94 Å². The van der Waals surface area contributed by atoms with Gasteiger partial charge in [-0.15, -0.1) is 0 Å². The predicted octanol–water partition coefficient (Wildman–Crippen LogP) is 5.52. The molecule has 0 aromatic heterocycles. The van der Waals surface area contributed by atoms with E-state index in [1.54, 1.807) is 7.11 Å². The number of hydrogen-bond acceptors (Lipinski definition) is 3. The van der Waals surface area contributed by atoms with Gasteiger partial charge in [-0.2, -0.15) is 0 Å². The average Bonchev–Trinajstić information content (AvgIpc) is 2.59. The minimum Gasteiger partial charge on any atom is -0.496 e. The lowest BCUT2D eigenvalue weighted by Crippen LogP contribution is -2.33. The minimum atomic E-state index is 0.165. The van der Waals surface area contributed by atoms with Crippen LogP contribution in [0.25, 0.3) is 11.1 Å². The molecule has 132 valence electrons. The van der Waals surface area contributed by atoms with Crippen LogP contribution in [0.4, 0.5) is 0 Å².